The Morgan fingerprint density at radius 3 is 2.21 bits per heavy atom. The standard InChI is InChI=1S/C17H28N2O4S/c1-12-8-9-14(13(2)10-12)24(21,22)18-11-17(6,7)19-15(20)23-16(3,4)5/h8-10,18H,11H2,1-7H3,(H,19,20). The number of benzene rings is 1. The maximum Gasteiger partial charge on any atom is 0.408 e. The third kappa shape index (κ3) is 6.49. The van der Waals surface area contributed by atoms with Gasteiger partial charge in [-0.2, -0.15) is 0 Å². The van der Waals surface area contributed by atoms with E-state index in [2.05, 4.69) is 10.0 Å². The van der Waals surface area contributed by atoms with E-state index in [-0.39, 0.29) is 11.4 Å². The summed E-state index contributed by atoms with van der Waals surface area (Å²) in [6, 6.07) is 5.16. The number of carbonyl (C=O) groups excluding carboxylic acids is 1. The molecule has 0 aliphatic carbocycles. The molecule has 0 atom stereocenters. The van der Waals surface area contributed by atoms with Gasteiger partial charge in [0, 0.05) is 6.54 Å². The van der Waals surface area contributed by atoms with E-state index in [4.69, 9.17) is 4.74 Å². The van der Waals surface area contributed by atoms with Crippen molar-refractivity contribution in [3.05, 3.63) is 29.3 Å². The number of carbonyl (C=O) groups is 1. The summed E-state index contributed by atoms with van der Waals surface area (Å²) in [6.45, 7) is 12.5. The molecule has 0 fully saturated rings. The topological polar surface area (TPSA) is 84.5 Å². The fourth-order valence-electron chi connectivity index (χ4n) is 2.08. The van der Waals surface area contributed by atoms with Crippen LogP contribution in [0.5, 0.6) is 0 Å². The summed E-state index contributed by atoms with van der Waals surface area (Å²) < 4.78 is 32.7. The van der Waals surface area contributed by atoms with Gasteiger partial charge in [0.25, 0.3) is 0 Å². The fraction of sp³-hybridized carbons (Fsp3) is 0.588. The van der Waals surface area contributed by atoms with Gasteiger partial charge in [-0.05, 0) is 60.1 Å². The van der Waals surface area contributed by atoms with Gasteiger partial charge in [0.05, 0.1) is 10.4 Å². The monoisotopic (exact) mass is 356 g/mol. The number of rotatable bonds is 5. The van der Waals surface area contributed by atoms with E-state index in [0.29, 0.717) is 5.56 Å². The Morgan fingerprint density at radius 2 is 1.71 bits per heavy atom. The Hall–Kier alpha value is -1.60. The lowest BCUT2D eigenvalue weighted by molar-refractivity contribution is 0.0474. The van der Waals surface area contributed by atoms with Crippen LogP contribution in [-0.2, 0) is 14.8 Å². The molecule has 0 spiro atoms. The lowest BCUT2D eigenvalue weighted by atomic mass is 10.1. The molecule has 0 aliphatic heterocycles. The van der Waals surface area contributed by atoms with Crippen molar-refractivity contribution in [3.8, 4) is 0 Å². The molecule has 0 aliphatic rings. The average Bonchev–Trinajstić information content (AvgIpc) is 2.33. The van der Waals surface area contributed by atoms with Crippen LogP contribution in [-0.4, -0.2) is 32.2 Å². The smallest absolute Gasteiger partial charge is 0.408 e. The Morgan fingerprint density at radius 1 is 1.12 bits per heavy atom. The van der Waals surface area contributed by atoms with Crippen LogP contribution >= 0.6 is 0 Å². The number of aryl methyl sites for hydroxylation is 2. The number of hydrogen-bond acceptors (Lipinski definition) is 4. The molecular weight excluding hydrogens is 328 g/mol. The van der Waals surface area contributed by atoms with Crippen molar-refractivity contribution in [2.75, 3.05) is 6.54 Å². The highest BCUT2D eigenvalue weighted by Crippen LogP contribution is 2.17. The van der Waals surface area contributed by atoms with Crippen molar-refractivity contribution in [2.45, 2.75) is 64.5 Å². The molecule has 2 N–H and O–H groups in total. The highest BCUT2D eigenvalue weighted by Gasteiger charge is 2.27. The normalized spacial score (nSPS) is 12.8. The molecule has 7 heteroatoms. The number of nitrogens with one attached hydrogen (secondary N) is 2. The summed E-state index contributed by atoms with van der Waals surface area (Å²) in [6.07, 6.45) is -0.585. The summed E-state index contributed by atoms with van der Waals surface area (Å²) in [5, 5.41) is 2.67. The average molecular weight is 356 g/mol. The number of alkyl carbamates (subject to hydrolysis) is 1. The molecule has 24 heavy (non-hydrogen) atoms. The van der Waals surface area contributed by atoms with Crippen LogP contribution in [0.2, 0.25) is 0 Å². The van der Waals surface area contributed by atoms with Gasteiger partial charge in [-0.15, -0.1) is 0 Å². The molecular formula is C17H28N2O4S. The van der Waals surface area contributed by atoms with Crippen molar-refractivity contribution in [1.82, 2.24) is 10.0 Å². The lowest BCUT2D eigenvalue weighted by Gasteiger charge is -2.28. The minimum atomic E-state index is -3.65. The van der Waals surface area contributed by atoms with Crippen LogP contribution in [0.25, 0.3) is 0 Å². The summed E-state index contributed by atoms with van der Waals surface area (Å²) in [7, 11) is -3.65. The van der Waals surface area contributed by atoms with Gasteiger partial charge in [-0.3, -0.25) is 0 Å². The first-order valence-corrected chi connectivity index (χ1v) is 9.28. The van der Waals surface area contributed by atoms with Gasteiger partial charge >= 0.3 is 6.09 Å². The molecule has 0 aromatic heterocycles. The van der Waals surface area contributed by atoms with Crippen LogP contribution in [0, 0.1) is 13.8 Å². The van der Waals surface area contributed by atoms with Crippen LogP contribution in [0.4, 0.5) is 4.79 Å². The summed E-state index contributed by atoms with van der Waals surface area (Å²) in [5.74, 6) is 0. The Balaban J connectivity index is 2.77. The van der Waals surface area contributed by atoms with Crippen LogP contribution in [0.15, 0.2) is 23.1 Å². The van der Waals surface area contributed by atoms with Crippen molar-refractivity contribution in [3.63, 3.8) is 0 Å². The lowest BCUT2D eigenvalue weighted by Crippen LogP contribution is -2.52. The predicted molar refractivity (Wildman–Crippen MR) is 94.6 cm³/mol. The molecule has 0 unspecified atom stereocenters. The maximum absolute atomic E-state index is 12.5. The first kappa shape index (κ1) is 20.4. The predicted octanol–water partition coefficient (Wildman–Crippen LogP) is 2.89. The zero-order valence-corrected chi connectivity index (χ0v) is 16.3. The zero-order valence-electron chi connectivity index (χ0n) is 15.5. The SMILES string of the molecule is Cc1ccc(S(=O)(=O)NCC(C)(C)NC(=O)OC(C)(C)C)c(C)c1. The second kappa shape index (κ2) is 7.11. The van der Waals surface area contributed by atoms with Gasteiger partial charge in [0.2, 0.25) is 10.0 Å². The minimum absolute atomic E-state index is 0.0435. The van der Waals surface area contributed by atoms with E-state index in [1.54, 1.807) is 53.7 Å². The van der Waals surface area contributed by atoms with Gasteiger partial charge in [0.1, 0.15) is 5.60 Å². The quantitative estimate of drug-likeness (QED) is 0.849. The van der Waals surface area contributed by atoms with Crippen LogP contribution in [0.3, 0.4) is 0 Å². The molecule has 0 saturated heterocycles. The molecule has 0 radical (unpaired) electrons. The van der Waals surface area contributed by atoms with Crippen molar-refractivity contribution in [2.24, 2.45) is 0 Å². The van der Waals surface area contributed by atoms with Crippen LogP contribution in [0.1, 0.15) is 45.7 Å². The highest BCUT2D eigenvalue weighted by molar-refractivity contribution is 7.89. The van der Waals surface area contributed by atoms with Gasteiger partial charge in [0.15, 0.2) is 0 Å². The summed E-state index contributed by atoms with van der Waals surface area (Å²) >= 11 is 0. The second-order valence-corrected chi connectivity index (χ2v) is 9.34. The summed E-state index contributed by atoms with van der Waals surface area (Å²) in [4.78, 5) is 12.1. The molecule has 1 aromatic rings. The molecule has 6 nitrogen and oxygen atoms in total. The Labute approximate surface area is 145 Å². The Bertz CT molecular complexity index is 704. The number of sulfonamides is 1. The number of hydrogen-bond donors (Lipinski definition) is 2. The van der Waals surface area contributed by atoms with E-state index >= 15 is 0 Å². The van der Waals surface area contributed by atoms with Crippen molar-refractivity contribution >= 4 is 16.1 Å². The minimum Gasteiger partial charge on any atom is -0.444 e. The summed E-state index contributed by atoms with van der Waals surface area (Å²) in [5.41, 5.74) is 0.269. The molecule has 136 valence electrons. The molecule has 1 rings (SSSR count). The second-order valence-electron chi connectivity index (χ2n) is 7.60. The molecule has 0 bridgehead atoms. The third-order valence-corrected chi connectivity index (χ3v) is 4.72. The van der Waals surface area contributed by atoms with Gasteiger partial charge < -0.3 is 10.1 Å². The fourth-order valence-corrected chi connectivity index (χ4v) is 3.51. The molecule has 1 amide bonds. The largest absolute Gasteiger partial charge is 0.444 e. The van der Waals surface area contributed by atoms with E-state index in [0.717, 1.165) is 5.56 Å². The first-order chi connectivity index (χ1) is 10.7. The van der Waals surface area contributed by atoms with Gasteiger partial charge in [-0.25, -0.2) is 17.9 Å². The maximum atomic E-state index is 12.5. The Kier molecular flexibility index (Phi) is 6.05. The van der Waals surface area contributed by atoms with E-state index in [9.17, 15) is 13.2 Å². The van der Waals surface area contributed by atoms with E-state index in [1.165, 1.54) is 0 Å². The molecule has 1 aromatic carbocycles. The van der Waals surface area contributed by atoms with Crippen molar-refractivity contribution < 1.29 is 17.9 Å². The zero-order chi connectivity index (χ0) is 18.8. The number of amides is 1. The van der Waals surface area contributed by atoms with Crippen molar-refractivity contribution in [1.29, 1.82) is 0 Å². The molecule has 0 heterocycles. The van der Waals surface area contributed by atoms with Gasteiger partial charge in [-0.1, -0.05) is 17.7 Å². The first-order valence-electron chi connectivity index (χ1n) is 7.80. The van der Waals surface area contributed by atoms with E-state index in [1.807, 2.05) is 13.0 Å². The van der Waals surface area contributed by atoms with E-state index < -0.39 is 27.3 Å². The third-order valence-electron chi connectivity index (χ3n) is 3.16. The van der Waals surface area contributed by atoms with Crippen LogP contribution < -0.4 is 10.0 Å². The molecule has 0 saturated carbocycles. The number of ether oxygens (including phenoxy) is 1. The highest BCUT2D eigenvalue weighted by atomic mass is 32.2.